The molecule has 0 aliphatic rings. The first-order valence-corrected chi connectivity index (χ1v) is 30.0. The Kier molecular flexibility index (Phi) is 21.1. The predicted octanol–water partition coefficient (Wildman–Crippen LogP) is 12.9. The molecule has 2 unspecified atom stereocenters. The molecule has 72 heavy (non-hydrogen) atoms. The molecule has 388 valence electrons. The molecule has 0 saturated carbocycles. The quantitative estimate of drug-likeness (QED) is 0.0435. The zero-order valence-corrected chi connectivity index (χ0v) is 47.2. The lowest BCUT2D eigenvalue weighted by atomic mass is 9.91. The van der Waals surface area contributed by atoms with Gasteiger partial charge in [0.05, 0.1) is 60.3 Å². The van der Waals surface area contributed by atoms with E-state index in [9.17, 15) is 38.2 Å². The van der Waals surface area contributed by atoms with E-state index >= 15 is 0 Å². The van der Waals surface area contributed by atoms with Gasteiger partial charge in [-0.2, -0.15) is 0 Å². The molecule has 0 aliphatic heterocycles. The highest BCUT2D eigenvalue weighted by Crippen LogP contribution is 2.40. The van der Waals surface area contributed by atoms with Crippen molar-refractivity contribution in [3.8, 4) is 11.5 Å². The Morgan fingerprint density at radius 3 is 1.51 bits per heavy atom. The number of Topliss-reactive ketones (excluding diaryl/α,β-unsaturated/α-hetero) is 2. The summed E-state index contributed by atoms with van der Waals surface area (Å²) in [6.07, 6.45) is -0.969. The average Bonchev–Trinajstić information content (AvgIpc) is 3.28. The van der Waals surface area contributed by atoms with Gasteiger partial charge in [0.15, 0.2) is 37.3 Å². The van der Waals surface area contributed by atoms with Crippen LogP contribution in [0.3, 0.4) is 0 Å². The zero-order chi connectivity index (χ0) is 54.8. The summed E-state index contributed by atoms with van der Waals surface area (Å²) in [4.78, 5) is 58.4. The van der Waals surface area contributed by atoms with E-state index in [1.807, 2.05) is 33.0 Å². The molecule has 4 aromatic carbocycles. The largest absolute Gasteiger partial charge is 0.542 e. The molecule has 0 heterocycles. The van der Waals surface area contributed by atoms with Gasteiger partial charge < -0.3 is 29.7 Å². The number of halogens is 4. The van der Waals surface area contributed by atoms with Crippen LogP contribution in [0.25, 0.3) is 9.69 Å². The predicted molar refractivity (Wildman–Crippen MR) is 286 cm³/mol. The van der Waals surface area contributed by atoms with Gasteiger partial charge in [-0.05, 0) is 135 Å². The van der Waals surface area contributed by atoms with Crippen LogP contribution in [-0.2, 0) is 26.9 Å². The Bertz CT molecular complexity index is 2740. The standard InChI is InChI=1S/C33H48ClFN2O4Si2.C21H20ClFN2O4/c1-21-23(15-17-27(36-9)30(21)34)18-25(22(2)40-42(10,11)32(3,4)5)31(39)37-20-28(38)24-14-16-26(35)29(19-24)41-43(12,13)33(6,7)8;1-11-13(5-7-17(24-3)20(11)22)8-15(12(2)26)21(29)25-10-19(28)14-4-6-16(23)18(27)9-14/h14-17,19,22,25H,18,20H2,1-8,10-13H3,(H,37,39);4-7,9,12,15,26-27H,8,10H2,1-2H3,(H,25,29)/t22-,25?;12-,15?/m00/s1. The number of phenols is 1. The summed E-state index contributed by atoms with van der Waals surface area (Å²) in [6.45, 7) is 41.6. The highest BCUT2D eigenvalue weighted by molar-refractivity contribution is 6.75. The fraction of sp³-hybridized carbons (Fsp3) is 0.444. The molecule has 4 atom stereocenters. The minimum absolute atomic E-state index is 0.0493. The maximum atomic E-state index is 14.7. The van der Waals surface area contributed by atoms with Crippen LogP contribution in [0.4, 0.5) is 20.2 Å². The first-order valence-electron chi connectivity index (χ1n) is 23.4. The Morgan fingerprint density at radius 2 is 1.10 bits per heavy atom. The van der Waals surface area contributed by atoms with Crippen molar-refractivity contribution in [2.75, 3.05) is 13.1 Å². The lowest BCUT2D eigenvalue weighted by Gasteiger charge is -2.40. The number of nitrogens with zero attached hydrogens (tertiary/aromatic N) is 2. The monoisotopic (exact) mass is 1060 g/mol. The highest BCUT2D eigenvalue weighted by Gasteiger charge is 2.42. The molecule has 0 saturated heterocycles. The van der Waals surface area contributed by atoms with Crippen molar-refractivity contribution >= 4 is 74.6 Å². The average molecular weight is 1070 g/mol. The minimum Gasteiger partial charge on any atom is -0.542 e. The molecular weight excluding hydrogens is 998 g/mol. The molecule has 0 radical (unpaired) electrons. The van der Waals surface area contributed by atoms with E-state index in [0.717, 1.165) is 23.3 Å². The van der Waals surface area contributed by atoms with Crippen LogP contribution < -0.4 is 15.1 Å². The number of hydrogen-bond donors (Lipinski definition) is 4. The summed E-state index contributed by atoms with van der Waals surface area (Å²) in [7, 11) is -4.58. The van der Waals surface area contributed by atoms with Crippen molar-refractivity contribution in [1.29, 1.82) is 0 Å². The molecular formula is C54H68Cl2F2N4O8Si2. The molecule has 2 amide bonds. The summed E-state index contributed by atoms with van der Waals surface area (Å²) in [6, 6.07) is 13.9. The summed E-state index contributed by atoms with van der Waals surface area (Å²) in [5, 5.41) is 25.1. The lowest BCUT2D eigenvalue weighted by Crippen LogP contribution is -2.48. The van der Waals surface area contributed by atoms with Crippen LogP contribution in [0.15, 0.2) is 60.7 Å². The second kappa shape index (κ2) is 25.0. The maximum Gasteiger partial charge on any atom is 0.250 e. The number of aliphatic hydroxyl groups is 1. The number of carbonyl (C=O) groups excluding carboxylic acids is 4. The van der Waals surface area contributed by atoms with Gasteiger partial charge in [0.25, 0.3) is 8.32 Å². The fourth-order valence-corrected chi connectivity index (χ4v) is 9.77. The van der Waals surface area contributed by atoms with E-state index in [1.54, 1.807) is 25.1 Å². The molecule has 0 bridgehead atoms. The van der Waals surface area contributed by atoms with Gasteiger partial charge >= 0.3 is 0 Å². The third-order valence-electron chi connectivity index (χ3n) is 13.7. The van der Waals surface area contributed by atoms with Gasteiger partial charge in [-0.15, -0.1) is 0 Å². The van der Waals surface area contributed by atoms with Crippen LogP contribution in [0, 0.1) is 50.5 Å². The number of ketones is 2. The van der Waals surface area contributed by atoms with Gasteiger partial charge in [-0.1, -0.05) is 89.0 Å². The summed E-state index contributed by atoms with van der Waals surface area (Å²) in [5.41, 5.74) is 3.90. The number of benzene rings is 4. The third-order valence-corrected chi connectivity index (χ3v) is 23.6. The van der Waals surface area contributed by atoms with Gasteiger partial charge in [-0.25, -0.2) is 18.5 Å². The van der Waals surface area contributed by atoms with Crippen LogP contribution in [0.5, 0.6) is 11.5 Å². The second-order valence-corrected chi connectivity index (χ2v) is 31.2. The normalized spacial score (nSPS) is 13.5. The number of hydrogen-bond acceptors (Lipinski definition) is 8. The number of rotatable bonds is 18. The lowest BCUT2D eigenvalue weighted by molar-refractivity contribution is -0.128. The van der Waals surface area contributed by atoms with Crippen LogP contribution in [0.1, 0.15) is 98.4 Å². The topological polar surface area (TPSA) is 160 Å². The van der Waals surface area contributed by atoms with Crippen molar-refractivity contribution in [3.05, 3.63) is 139 Å². The smallest absolute Gasteiger partial charge is 0.250 e. The molecule has 0 aromatic heterocycles. The number of carbonyl (C=O) groups is 4. The molecule has 4 N–H and O–H groups in total. The minimum atomic E-state index is -2.34. The van der Waals surface area contributed by atoms with Gasteiger partial charge in [0, 0.05) is 11.1 Å². The summed E-state index contributed by atoms with van der Waals surface area (Å²) < 4.78 is 40.5. The number of amides is 2. The van der Waals surface area contributed by atoms with Crippen LogP contribution in [-0.4, -0.2) is 75.5 Å². The van der Waals surface area contributed by atoms with Crippen LogP contribution >= 0.6 is 23.2 Å². The SMILES string of the molecule is [C-]#[N+]c1ccc(CC(C(=O)NCC(=O)c2ccc(F)c(O)c2)[C@H](C)O)c(C)c1Cl.[C-]#[N+]c1ccc(CC(C(=O)NCC(=O)c2ccc(F)c(O[Si](C)(C)C(C)(C)C)c2)[C@H](C)O[Si](C)(C)C(C)(C)C)c(C)c1Cl. The van der Waals surface area contributed by atoms with Gasteiger partial charge in [-0.3, -0.25) is 19.2 Å². The van der Waals surface area contributed by atoms with E-state index in [1.165, 1.54) is 31.2 Å². The molecule has 0 aliphatic carbocycles. The maximum absolute atomic E-state index is 14.7. The highest BCUT2D eigenvalue weighted by atomic mass is 35.5. The fourth-order valence-electron chi connectivity index (χ4n) is 6.86. The van der Waals surface area contributed by atoms with Crippen molar-refractivity contribution < 1.29 is 47.0 Å². The Hall–Kier alpha value is -5.47. The first-order chi connectivity index (χ1) is 33.2. The summed E-state index contributed by atoms with van der Waals surface area (Å²) >= 11 is 12.6. The molecule has 0 spiro atoms. The van der Waals surface area contributed by atoms with Crippen molar-refractivity contribution in [1.82, 2.24) is 10.6 Å². The molecule has 0 fully saturated rings. The number of aliphatic hydroxyl groups excluding tert-OH is 1. The second-order valence-electron chi connectivity index (χ2n) is 21.0. The number of nitrogens with one attached hydrogen (secondary N) is 2. The molecule has 18 heteroatoms. The number of aromatic hydroxyl groups is 1. The third kappa shape index (κ3) is 15.8. The molecule has 4 rings (SSSR count). The zero-order valence-electron chi connectivity index (χ0n) is 43.7. The molecule has 12 nitrogen and oxygen atoms in total. The Balaban J connectivity index is 0.000000410. The van der Waals surface area contributed by atoms with Gasteiger partial charge in [0.1, 0.15) is 5.75 Å². The summed E-state index contributed by atoms with van der Waals surface area (Å²) in [5.74, 6) is -5.19. The van der Waals surface area contributed by atoms with E-state index in [-0.39, 0.29) is 58.2 Å². The van der Waals surface area contributed by atoms with E-state index in [2.05, 4.69) is 75.0 Å². The Labute approximate surface area is 435 Å². The van der Waals surface area contributed by atoms with E-state index < -0.39 is 69.8 Å². The van der Waals surface area contributed by atoms with Gasteiger partial charge in [0.2, 0.25) is 23.2 Å². The first kappa shape index (κ1) is 60.8. The van der Waals surface area contributed by atoms with Crippen LogP contribution in [0.2, 0.25) is 46.3 Å². The van der Waals surface area contributed by atoms with E-state index in [4.69, 9.17) is 45.2 Å². The number of phenolic OH excluding ortho intramolecular Hbond substituents is 1. The van der Waals surface area contributed by atoms with Crippen molar-refractivity contribution in [2.24, 2.45) is 11.8 Å². The van der Waals surface area contributed by atoms with Crippen molar-refractivity contribution in [3.63, 3.8) is 0 Å². The Morgan fingerprint density at radius 1 is 0.681 bits per heavy atom. The van der Waals surface area contributed by atoms with Crippen molar-refractivity contribution in [2.45, 2.75) is 131 Å². The van der Waals surface area contributed by atoms with E-state index in [0.29, 0.717) is 39.0 Å². The molecule has 4 aromatic rings.